The van der Waals surface area contributed by atoms with Gasteiger partial charge in [-0.2, -0.15) is 0 Å². The van der Waals surface area contributed by atoms with Gasteiger partial charge >= 0.3 is 0 Å². The predicted octanol–water partition coefficient (Wildman–Crippen LogP) is 1.86. The van der Waals surface area contributed by atoms with Gasteiger partial charge in [0.25, 0.3) is 5.91 Å². The number of nitrogens with zero attached hydrogens (tertiary/aromatic N) is 5. The van der Waals surface area contributed by atoms with E-state index < -0.39 is 0 Å². The van der Waals surface area contributed by atoms with Crippen molar-refractivity contribution in [3.8, 4) is 0 Å². The Bertz CT molecular complexity index is 723. The minimum atomic E-state index is -0.252. The Morgan fingerprint density at radius 1 is 1.29 bits per heavy atom. The first-order chi connectivity index (χ1) is 11.6. The van der Waals surface area contributed by atoms with Crippen molar-refractivity contribution in [3.63, 3.8) is 0 Å². The average Bonchev–Trinajstić information content (AvgIpc) is 3.01. The molecule has 1 N–H and O–H groups in total. The molecule has 128 valence electrons. The van der Waals surface area contributed by atoms with Gasteiger partial charge < -0.3 is 15.1 Å². The Balaban J connectivity index is 1.81. The van der Waals surface area contributed by atoms with Crippen LogP contribution in [0.15, 0.2) is 24.4 Å². The number of piperazine rings is 1. The maximum atomic E-state index is 12.5. The number of aryl methyl sites for hydroxylation is 1. The second-order valence-electron chi connectivity index (χ2n) is 5.78. The van der Waals surface area contributed by atoms with Gasteiger partial charge in [-0.05, 0) is 24.7 Å². The van der Waals surface area contributed by atoms with Gasteiger partial charge in [-0.3, -0.25) is 4.79 Å². The molecular weight excluding hydrogens is 328 g/mol. The molecule has 0 spiro atoms. The van der Waals surface area contributed by atoms with Gasteiger partial charge in [0.2, 0.25) is 0 Å². The maximum absolute atomic E-state index is 12.5. The summed E-state index contributed by atoms with van der Waals surface area (Å²) in [5.74, 6) is -0.252. The molecule has 0 saturated carbocycles. The van der Waals surface area contributed by atoms with Crippen LogP contribution in [-0.4, -0.2) is 58.5 Å². The van der Waals surface area contributed by atoms with E-state index in [4.69, 9.17) is 11.6 Å². The number of anilines is 2. The molecule has 3 rings (SSSR count). The Labute approximate surface area is 146 Å². The maximum Gasteiger partial charge on any atom is 0.275 e. The van der Waals surface area contributed by atoms with Gasteiger partial charge in [0.05, 0.1) is 17.6 Å². The van der Waals surface area contributed by atoms with Crippen molar-refractivity contribution in [1.82, 2.24) is 19.9 Å². The van der Waals surface area contributed by atoms with Crippen LogP contribution in [0.4, 0.5) is 11.4 Å². The van der Waals surface area contributed by atoms with Gasteiger partial charge in [0.1, 0.15) is 5.69 Å². The van der Waals surface area contributed by atoms with E-state index in [0.717, 1.165) is 38.4 Å². The molecular formula is C16H21ClN6O. The quantitative estimate of drug-likeness (QED) is 0.913. The van der Waals surface area contributed by atoms with Crippen molar-refractivity contribution in [2.45, 2.75) is 6.92 Å². The van der Waals surface area contributed by atoms with Crippen LogP contribution in [0.1, 0.15) is 17.4 Å². The second kappa shape index (κ2) is 7.19. The molecule has 2 heterocycles. The van der Waals surface area contributed by atoms with Crippen molar-refractivity contribution in [1.29, 1.82) is 0 Å². The van der Waals surface area contributed by atoms with E-state index in [0.29, 0.717) is 16.4 Å². The second-order valence-corrected chi connectivity index (χ2v) is 6.22. The van der Waals surface area contributed by atoms with Gasteiger partial charge in [0, 0.05) is 38.2 Å². The minimum Gasteiger partial charge on any atom is -0.367 e. The molecule has 1 aliphatic rings. The molecule has 0 radical (unpaired) electrons. The molecule has 1 aromatic carbocycles. The molecule has 7 nitrogen and oxygen atoms in total. The third kappa shape index (κ3) is 3.52. The molecule has 0 bridgehead atoms. The third-order valence-electron chi connectivity index (χ3n) is 4.31. The summed E-state index contributed by atoms with van der Waals surface area (Å²) >= 11 is 6.13. The molecule has 8 heteroatoms. The minimum absolute atomic E-state index is 0.252. The number of halogens is 1. The first kappa shape index (κ1) is 16.7. The lowest BCUT2D eigenvalue weighted by atomic mass is 10.2. The summed E-state index contributed by atoms with van der Waals surface area (Å²) in [6.45, 7) is 7.10. The highest BCUT2D eigenvalue weighted by Gasteiger charge is 2.20. The summed E-state index contributed by atoms with van der Waals surface area (Å²) in [4.78, 5) is 17.1. The summed E-state index contributed by atoms with van der Waals surface area (Å²) in [6.07, 6.45) is 1.44. The fourth-order valence-electron chi connectivity index (χ4n) is 2.87. The van der Waals surface area contributed by atoms with Gasteiger partial charge in [0.15, 0.2) is 0 Å². The fraction of sp³-hybridized carbons (Fsp3) is 0.438. The lowest BCUT2D eigenvalue weighted by Crippen LogP contribution is -2.46. The van der Waals surface area contributed by atoms with Crippen LogP contribution in [0.5, 0.6) is 0 Å². The zero-order valence-electron chi connectivity index (χ0n) is 13.9. The van der Waals surface area contributed by atoms with Crippen LogP contribution in [0.2, 0.25) is 5.02 Å². The number of hydrogen-bond donors (Lipinski definition) is 1. The lowest BCUT2D eigenvalue weighted by molar-refractivity contribution is 0.101. The molecule has 0 atom stereocenters. The summed E-state index contributed by atoms with van der Waals surface area (Å²) in [6, 6.07) is 5.59. The lowest BCUT2D eigenvalue weighted by Gasteiger charge is -2.36. The summed E-state index contributed by atoms with van der Waals surface area (Å²) in [5, 5.41) is 11.1. The number of carbonyl (C=O) groups is 1. The molecule has 24 heavy (non-hydrogen) atoms. The number of nitrogens with one attached hydrogen (secondary N) is 1. The van der Waals surface area contributed by atoms with E-state index in [-0.39, 0.29) is 5.91 Å². The molecule has 1 fully saturated rings. The van der Waals surface area contributed by atoms with Crippen molar-refractivity contribution in [3.05, 3.63) is 35.1 Å². The van der Waals surface area contributed by atoms with E-state index in [1.807, 2.05) is 12.1 Å². The number of amides is 1. The average molecular weight is 349 g/mol. The summed E-state index contributed by atoms with van der Waals surface area (Å²) in [5.41, 5.74) is 2.09. The van der Waals surface area contributed by atoms with Gasteiger partial charge in [-0.15, -0.1) is 5.10 Å². The van der Waals surface area contributed by atoms with E-state index >= 15 is 0 Å². The smallest absolute Gasteiger partial charge is 0.275 e. The number of hydrogen-bond acceptors (Lipinski definition) is 5. The Kier molecular flexibility index (Phi) is 5.01. The van der Waals surface area contributed by atoms with E-state index in [9.17, 15) is 4.79 Å². The van der Waals surface area contributed by atoms with Crippen LogP contribution in [0, 0.1) is 0 Å². The fourth-order valence-corrected chi connectivity index (χ4v) is 3.04. The van der Waals surface area contributed by atoms with Crippen molar-refractivity contribution in [2.75, 3.05) is 42.9 Å². The molecule has 0 unspecified atom stereocenters. The third-order valence-corrected chi connectivity index (χ3v) is 4.55. The molecule has 1 aliphatic heterocycles. The highest BCUT2D eigenvalue weighted by Crippen LogP contribution is 2.30. The number of carbonyl (C=O) groups excluding carboxylic acids is 1. The monoisotopic (exact) mass is 348 g/mol. The first-order valence-electron chi connectivity index (χ1n) is 8.01. The molecule has 2 aromatic rings. The Hall–Kier alpha value is -2.12. The highest BCUT2D eigenvalue weighted by atomic mass is 35.5. The zero-order valence-corrected chi connectivity index (χ0v) is 14.6. The van der Waals surface area contributed by atoms with Crippen LogP contribution in [0.25, 0.3) is 0 Å². The van der Waals surface area contributed by atoms with Crippen LogP contribution < -0.4 is 10.2 Å². The molecule has 1 aromatic heterocycles. The van der Waals surface area contributed by atoms with Crippen molar-refractivity contribution >= 4 is 28.9 Å². The zero-order chi connectivity index (χ0) is 17.1. The van der Waals surface area contributed by atoms with Crippen LogP contribution >= 0.6 is 11.6 Å². The summed E-state index contributed by atoms with van der Waals surface area (Å²) < 4.78 is 1.44. The topological polar surface area (TPSA) is 66.3 Å². The SMILES string of the molecule is CCN1CCN(c2ccc(Cl)cc2NC(=O)c2cnnn2C)CC1. The Morgan fingerprint density at radius 3 is 2.67 bits per heavy atom. The number of aromatic nitrogens is 3. The highest BCUT2D eigenvalue weighted by molar-refractivity contribution is 6.31. The molecule has 1 saturated heterocycles. The number of likely N-dealkylation sites (N-methyl/N-ethyl adjacent to an activating group) is 1. The van der Waals surface area contributed by atoms with E-state index in [1.54, 1.807) is 13.1 Å². The van der Waals surface area contributed by atoms with Gasteiger partial charge in [-0.25, -0.2) is 4.68 Å². The largest absolute Gasteiger partial charge is 0.367 e. The van der Waals surface area contributed by atoms with Crippen LogP contribution in [-0.2, 0) is 7.05 Å². The van der Waals surface area contributed by atoms with Crippen molar-refractivity contribution in [2.24, 2.45) is 7.05 Å². The normalized spacial score (nSPS) is 15.5. The number of benzene rings is 1. The molecule has 1 amide bonds. The first-order valence-corrected chi connectivity index (χ1v) is 8.39. The Morgan fingerprint density at radius 2 is 2.04 bits per heavy atom. The predicted molar refractivity (Wildman–Crippen MR) is 94.7 cm³/mol. The molecule has 0 aliphatic carbocycles. The van der Waals surface area contributed by atoms with E-state index in [2.05, 4.69) is 32.4 Å². The standard InChI is InChI=1S/C16H21ClN6O/c1-3-22-6-8-23(9-7-22)14-5-4-12(17)10-13(14)19-16(24)15-11-18-20-21(15)2/h4-5,10-11H,3,6-9H2,1-2H3,(H,19,24). The number of rotatable bonds is 4. The van der Waals surface area contributed by atoms with Crippen LogP contribution in [0.3, 0.4) is 0 Å². The summed E-state index contributed by atoms with van der Waals surface area (Å²) in [7, 11) is 1.69. The van der Waals surface area contributed by atoms with E-state index in [1.165, 1.54) is 10.9 Å². The van der Waals surface area contributed by atoms with Crippen molar-refractivity contribution < 1.29 is 4.79 Å². The van der Waals surface area contributed by atoms with Gasteiger partial charge in [-0.1, -0.05) is 23.7 Å².